The van der Waals surface area contributed by atoms with Crippen molar-refractivity contribution in [3.8, 4) is 0 Å². The van der Waals surface area contributed by atoms with E-state index in [1.807, 2.05) is 0 Å². The van der Waals surface area contributed by atoms with Crippen LogP contribution in [-0.2, 0) is 29.1 Å². The Morgan fingerprint density at radius 1 is 1.07 bits per heavy atom. The predicted molar refractivity (Wildman–Crippen MR) is 106 cm³/mol. The second-order valence-electron chi connectivity index (χ2n) is 7.06. The van der Waals surface area contributed by atoms with Gasteiger partial charge in [0.25, 0.3) is 10.1 Å². The van der Waals surface area contributed by atoms with Gasteiger partial charge < -0.3 is 18.9 Å². The second kappa shape index (κ2) is 12.5. The molecule has 9 nitrogen and oxygen atoms in total. The van der Waals surface area contributed by atoms with Gasteiger partial charge in [-0.05, 0) is 38.7 Å². The van der Waals surface area contributed by atoms with Crippen LogP contribution in [0.2, 0.25) is 0 Å². The Morgan fingerprint density at radius 3 is 2.31 bits per heavy atom. The first-order valence-corrected chi connectivity index (χ1v) is 11.5. The van der Waals surface area contributed by atoms with Crippen molar-refractivity contribution < 1.29 is 31.9 Å². The highest BCUT2D eigenvalue weighted by molar-refractivity contribution is 7.86. The van der Waals surface area contributed by atoms with Crippen LogP contribution in [0.4, 0.5) is 0 Å². The van der Waals surface area contributed by atoms with Gasteiger partial charge >= 0.3 is 0 Å². The number of hydrogen-bond donors (Lipinski definition) is 1. The quantitative estimate of drug-likeness (QED) is 0.369. The number of aromatic nitrogens is 2. The van der Waals surface area contributed by atoms with Crippen LogP contribution in [0.1, 0.15) is 55.3 Å². The monoisotopic (exact) mass is 432 g/mol. The Balaban J connectivity index is 1.65. The van der Waals surface area contributed by atoms with Crippen molar-refractivity contribution in [3.05, 3.63) is 23.8 Å². The fourth-order valence-electron chi connectivity index (χ4n) is 3.19. The van der Waals surface area contributed by atoms with Gasteiger partial charge in [-0.2, -0.15) is 8.42 Å². The van der Waals surface area contributed by atoms with Crippen LogP contribution in [-0.4, -0.2) is 75.8 Å². The highest BCUT2D eigenvalue weighted by Gasteiger charge is 2.27. The van der Waals surface area contributed by atoms with E-state index in [1.165, 1.54) is 13.0 Å². The molecule has 1 aliphatic carbocycles. The van der Waals surface area contributed by atoms with Crippen LogP contribution in [0.3, 0.4) is 0 Å². The van der Waals surface area contributed by atoms with E-state index in [2.05, 4.69) is 9.97 Å². The van der Waals surface area contributed by atoms with Gasteiger partial charge in [0.15, 0.2) is 0 Å². The Kier molecular flexibility index (Phi) is 10.4. The summed E-state index contributed by atoms with van der Waals surface area (Å²) < 4.78 is 53.5. The van der Waals surface area contributed by atoms with Crippen molar-refractivity contribution in [2.75, 3.05) is 46.8 Å². The first kappa shape index (κ1) is 24.1. The molecule has 1 aromatic rings. The standard InChI is InChI=1S/C19H32N2O7S/c1-15(29(22,23)24)18-7-8-20-19(21-18)16-3-5-17(6-4-16)28-14-13-27-12-11-26-10-9-25-2/h7-8,15-17H,3-6,9-14H2,1-2H3,(H,22,23,24). The minimum absolute atomic E-state index is 0.170. The van der Waals surface area contributed by atoms with E-state index < -0.39 is 15.4 Å². The molecular formula is C19H32N2O7S. The molecule has 1 unspecified atom stereocenters. The van der Waals surface area contributed by atoms with E-state index in [1.54, 1.807) is 13.3 Å². The van der Waals surface area contributed by atoms with E-state index in [0.717, 1.165) is 25.7 Å². The van der Waals surface area contributed by atoms with Gasteiger partial charge in [-0.25, -0.2) is 9.97 Å². The zero-order valence-corrected chi connectivity index (χ0v) is 18.0. The molecule has 0 aliphatic heterocycles. The predicted octanol–water partition coefficient (Wildman–Crippen LogP) is 2.15. The number of hydrogen-bond acceptors (Lipinski definition) is 8. The smallest absolute Gasteiger partial charge is 0.273 e. The number of rotatable bonds is 13. The Labute approximate surface area is 172 Å². The summed E-state index contributed by atoms with van der Waals surface area (Å²) in [4.78, 5) is 8.69. The summed E-state index contributed by atoms with van der Waals surface area (Å²) in [6.07, 6.45) is 5.29. The number of methoxy groups -OCH3 is 1. The molecule has 0 bridgehead atoms. The molecule has 0 spiro atoms. The van der Waals surface area contributed by atoms with Crippen LogP contribution < -0.4 is 0 Å². The molecular weight excluding hydrogens is 400 g/mol. The summed E-state index contributed by atoms with van der Waals surface area (Å²) in [5, 5.41) is -1.06. The van der Waals surface area contributed by atoms with E-state index >= 15 is 0 Å². The highest BCUT2D eigenvalue weighted by Crippen LogP contribution is 2.33. The lowest BCUT2D eigenvalue weighted by molar-refractivity contribution is -0.0269. The van der Waals surface area contributed by atoms with Gasteiger partial charge in [-0.1, -0.05) is 0 Å². The minimum Gasteiger partial charge on any atom is -0.382 e. The third-order valence-electron chi connectivity index (χ3n) is 4.98. The van der Waals surface area contributed by atoms with Crippen molar-refractivity contribution in [3.63, 3.8) is 0 Å². The fraction of sp³-hybridized carbons (Fsp3) is 0.789. The first-order valence-electron chi connectivity index (χ1n) is 9.97. The molecule has 1 heterocycles. The maximum Gasteiger partial charge on any atom is 0.273 e. The maximum atomic E-state index is 11.3. The lowest BCUT2D eigenvalue weighted by Gasteiger charge is -2.28. The summed E-state index contributed by atoms with van der Waals surface area (Å²) in [7, 11) is -2.53. The van der Waals surface area contributed by atoms with Gasteiger partial charge in [0.2, 0.25) is 0 Å². The van der Waals surface area contributed by atoms with E-state index in [9.17, 15) is 13.0 Å². The van der Waals surface area contributed by atoms with E-state index in [4.69, 9.17) is 18.9 Å². The fourth-order valence-corrected chi connectivity index (χ4v) is 3.63. The third kappa shape index (κ3) is 8.61. The minimum atomic E-state index is -4.17. The molecule has 2 rings (SSSR count). The number of ether oxygens (including phenoxy) is 4. The zero-order valence-electron chi connectivity index (χ0n) is 17.2. The van der Waals surface area contributed by atoms with Crippen molar-refractivity contribution >= 4 is 10.1 Å². The molecule has 1 aliphatic rings. The summed E-state index contributed by atoms with van der Waals surface area (Å²) in [6.45, 7) is 4.73. The molecule has 0 saturated heterocycles. The van der Waals surface area contributed by atoms with Gasteiger partial charge in [0.05, 0.1) is 51.4 Å². The molecule has 10 heteroatoms. The molecule has 1 N–H and O–H groups in total. The van der Waals surface area contributed by atoms with E-state index in [0.29, 0.717) is 51.2 Å². The average Bonchev–Trinajstić information content (AvgIpc) is 2.72. The molecule has 0 radical (unpaired) electrons. The average molecular weight is 433 g/mol. The van der Waals surface area contributed by atoms with Crippen molar-refractivity contribution in [2.24, 2.45) is 0 Å². The SMILES string of the molecule is COCCOCCOCCOC1CCC(c2nccc(C(C)S(=O)(=O)O)n2)CC1. The Hall–Kier alpha value is -1.17. The maximum absolute atomic E-state index is 11.3. The zero-order chi connectivity index (χ0) is 21.1. The van der Waals surface area contributed by atoms with Crippen LogP contribution in [0, 0.1) is 0 Å². The first-order chi connectivity index (χ1) is 13.9. The molecule has 0 amide bonds. The summed E-state index contributed by atoms with van der Waals surface area (Å²) in [6, 6.07) is 1.53. The van der Waals surface area contributed by atoms with Crippen LogP contribution in [0.25, 0.3) is 0 Å². The lowest BCUT2D eigenvalue weighted by atomic mass is 9.86. The Morgan fingerprint density at radius 2 is 1.69 bits per heavy atom. The van der Waals surface area contributed by atoms with Crippen LogP contribution >= 0.6 is 0 Å². The van der Waals surface area contributed by atoms with Crippen molar-refractivity contribution in [1.29, 1.82) is 0 Å². The van der Waals surface area contributed by atoms with Crippen LogP contribution in [0.15, 0.2) is 12.3 Å². The molecule has 29 heavy (non-hydrogen) atoms. The summed E-state index contributed by atoms with van der Waals surface area (Å²) in [5.74, 6) is 0.803. The summed E-state index contributed by atoms with van der Waals surface area (Å²) >= 11 is 0. The third-order valence-corrected chi connectivity index (χ3v) is 6.12. The largest absolute Gasteiger partial charge is 0.382 e. The molecule has 0 aromatic carbocycles. The van der Waals surface area contributed by atoms with Crippen LogP contribution in [0.5, 0.6) is 0 Å². The molecule has 166 valence electrons. The molecule has 1 saturated carbocycles. The molecule has 1 aromatic heterocycles. The van der Waals surface area contributed by atoms with Gasteiger partial charge in [-0.3, -0.25) is 4.55 Å². The molecule has 1 atom stereocenters. The molecule has 1 fully saturated rings. The van der Waals surface area contributed by atoms with Crippen molar-refractivity contribution in [1.82, 2.24) is 9.97 Å². The lowest BCUT2D eigenvalue weighted by Crippen LogP contribution is -2.24. The van der Waals surface area contributed by atoms with Gasteiger partial charge in [0.1, 0.15) is 11.1 Å². The van der Waals surface area contributed by atoms with E-state index in [-0.39, 0.29) is 12.0 Å². The Bertz CT molecular complexity index is 694. The van der Waals surface area contributed by atoms with Gasteiger partial charge in [0, 0.05) is 19.2 Å². The number of nitrogens with zero attached hydrogens (tertiary/aromatic N) is 2. The second-order valence-corrected chi connectivity index (χ2v) is 8.80. The normalized spacial score (nSPS) is 21.2. The highest BCUT2D eigenvalue weighted by atomic mass is 32.2. The van der Waals surface area contributed by atoms with Gasteiger partial charge in [-0.15, -0.1) is 0 Å². The summed E-state index contributed by atoms with van der Waals surface area (Å²) in [5.41, 5.74) is 0.319. The topological polar surface area (TPSA) is 117 Å². The van der Waals surface area contributed by atoms with Crippen molar-refractivity contribution in [2.45, 2.75) is 49.9 Å².